The van der Waals surface area contributed by atoms with Crippen molar-refractivity contribution in [3.8, 4) is 0 Å². The Labute approximate surface area is 133 Å². The Morgan fingerprint density at radius 1 is 1.19 bits per heavy atom. The Hall–Kier alpha value is -0.840. The van der Waals surface area contributed by atoms with Crippen molar-refractivity contribution >= 4 is 34.2 Å². The molecule has 0 N–H and O–H groups in total. The summed E-state index contributed by atoms with van der Waals surface area (Å²) in [7, 11) is 0. The van der Waals surface area contributed by atoms with Crippen LogP contribution in [0.15, 0.2) is 12.1 Å². The fourth-order valence-corrected chi connectivity index (χ4v) is 3.27. The molecule has 6 heteroatoms. The molecule has 1 aliphatic rings. The molecule has 0 atom stereocenters. The van der Waals surface area contributed by atoms with Gasteiger partial charge in [0, 0.05) is 31.5 Å². The summed E-state index contributed by atoms with van der Waals surface area (Å²) in [5.74, 6) is 0.982. The molecule has 1 aromatic carbocycles. The molecular weight excluding hydrogens is 312 g/mol. The molecule has 1 saturated heterocycles. The first kappa shape index (κ1) is 15.1. The third-order valence-corrected chi connectivity index (χ3v) is 4.50. The highest BCUT2D eigenvalue weighted by Gasteiger charge is 2.16. The Kier molecular flexibility index (Phi) is 4.67. The number of rotatable bonds is 5. The van der Waals surface area contributed by atoms with E-state index in [0.717, 1.165) is 37.5 Å². The second kappa shape index (κ2) is 6.51. The molecule has 0 amide bonds. The number of fused-ring (bicyclic) bond motifs is 1. The molecule has 114 valence electrons. The molecule has 3 rings (SSSR count). The van der Waals surface area contributed by atoms with Gasteiger partial charge in [-0.1, -0.05) is 11.6 Å². The van der Waals surface area contributed by atoms with E-state index in [1.165, 1.54) is 18.9 Å². The normalized spacial score (nSPS) is 16.1. The fraction of sp³-hybridized carbons (Fsp3) is 0.533. The summed E-state index contributed by atoms with van der Waals surface area (Å²) < 4.78 is 15.7. The molecule has 1 fully saturated rings. The number of nitrogens with zero attached hydrogens (tertiary/aromatic N) is 3. The van der Waals surface area contributed by atoms with Crippen LogP contribution < -0.4 is 0 Å². The van der Waals surface area contributed by atoms with Gasteiger partial charge in [0.05, 0.1) is 16.1 Å². The second-order valence-corrected chi connectivity index (χ2v) is 6.21. The summed E-state index contributed by atoms with van der Waals surface area (Å²) in [5, 5.41) is 0.141. The summed E-state index contributed by atoms with van der Waals surface area (Å²) in [6, 6.07) is 3.07. The summed E-state index contributed by atoms with van der Waals surface area (Å²) in [6.45, 7) is 4.14. The van der Waals surface area contributed by atoms with Crippen molar-refractivity contribution in [2.45, 2.75) is 25.8 Å². The zero-order chi connectivity index (χ0) is 14.8. The van der Waals surface area contributed by atoms with E-state index in [2.05, 4.69) is 14.5 Å². The van der Waals surface area contributed by atoms with Crippen LogP contribution in [0.25, 0.3) is 11.0 Å². The zero-order valence-corrected chi connectivity index (χ0v) is 13.3. The summed E-state index contributed by atoms with van der Waals surface area (Å²) in [4.78, 5) is 6.96. The van der Waals surface area contributed by atoms with Crippen LogP contribution >= 0.6 is 23.2 Å². The number of aromatic nitrogens is 2. The van der Waals surface area contributed by atoms with E-state index < -0.39 is 5.82 Å². The van der Waals surface area contributed by atoms with Crippen molar-refractivity contribution in [3.05, 3.63) is 28.8 Å². The first-order valence-corrected chi connectivity index (χ1v) is 8.23. The molecule has 0 unspecified atom stereocenters. The van der Waals surface area contributed by atoms with E-state index in [-0.39, 0.29) is 5.02 Å². The van der Waals surface area contributed by atoms with Crippen molar-refractivity contribution in [2.75, 3.05) is 25.5 Å². The van der Waals surface area contributed by atoms with Crippen LogP contribution in [0.3, 0.4) is 0 Å². The van der Waals surface area contributed by atoms with E-state index in [0.29, 0.717) is 17.8 Å². The second-order valence-electron chi connectivity index (χ2n) is 5.42. The van der Waals surface area contributed by atoms with Gasteiger partial charge in [0.25, 0.3) is 0 Å². The van der Waals surface area contributed by atoms with Crippen molar-refractivity contribution < 1.29 is 4.39 Å². The van der Waals surface area contributed by atoms with Gasteiger partial charge >= 0.3 is 0 Å². The van der Waals surface area contributed by atoms with Gasteiger partial charge in [0.2, 0.25) is 0 Å². The average molecular weight is 330 g/mol. The van der Waals surface area contributed by atoms with Crippen molar-refractivity contribution in [1.82, 2.24) is 14.5 Å². The minimum atomic E-state index is -0.425. The quantitative estimate of drug-likeness (QED) is 0.780. The summed E-state index contributed by atoms with van der Waals surface area (Å²) in [5.41, 5.74) is 1.54. The standard InChI is InChI=1S/C15H18Cl2FN3/c16-4-3-15-19-13-10-12(18)11(17)9-14(13)21(15)8-7-20-5-1-2-6-20/h9-10H,1-8H2. The van der Waals surface area contributed by atoms with E-state index >= 15 is 0 Å². The van der Waals surface area contributed by atoms with Gasteiger partial charge in [-0.05, 0) is 32.0 Å². The average Bonchev–Trinajstić information content (AvgIpc) is 3.06. The molecule has 1 aliphatic heterocycles. The molecule has 0 radical (unpaired) electrons. The van der Waals surface area contributed by atoms with E-state index in [1.54, 1.807) is 6.07 Å². The highest BCUT2D eigenvalue weighted by atomic mass is 35.5. The molecule has 0 aliphatic carbocycles. The van der Waals surface area contributed by atoms with Crippen LogP contribution in [0.5, 0.6) is 0 Å². The number of hydrogen-bond donors (Lipinski definition) is 0. The van der Waals surface area contributed by atoms with Crippen molar-refractivity contribution in [2.24, 2.45) is 0 Å². The van der Waals surface area contributed by atoms with Crippen LogP contribution in [-0.2, 0) is 13.0 Å². The van der Waals surface area contributed by atoms with Crippen molar-refractivity contribution in [1.29, 1.82) is 0 Å². The lowest BCUT2D eigenvalue weighted by atomic mass is 10.3. The lowest BCUT2D eigenvalue weighted by Gasteiger charge is -2.16. The Morgan fingerprint density at radius 3 is 2.67 bits per heavy atom. The molecule has 2 heterocycles. The Morgan fingerprint density at radius 2 is 1.95 bits per heavy atom. The van der Waals surface area contributed by atoms with Gasteiger partial charge in [-0.3, -0.25) is 0 Å². The minimum absolute atomic E-state index is 0.141. The van der Waals surface area contributed by atoms with Crippen LogP contribution in [0.2, 0.25) is 5.02 Å². The topological polar surface area (TPSA) is 21.1 Å². The molecule has 0 saturated carbocycles. The van der Waals surface area contributed by atoms with Gasteiger partial charge in [0.15, 0.2) is 0 Å². The van der Waals surface area contributed by atoms with Gasteiger partial charge in [-0.15, -0.1) is 11.6 Å². The number of likely N-dealkylation sites (tertiary alicyclic amines) is 1. The molecule has 2 aromatic rings. The Bertz CT molecular complexity index is 635. The third-order valence-electron chi connectivity index (χ3n) is 4.03. The van der Waals surface area contributed by atoms with Crippen LogP contribution in [-0.4, -0.2) is 40.0 Å². The fourth-order valence-electron chi connectivity index (χ4n) is 2.94. The smallest absolute Gasteiger partial charge is 0.144 e. The number of hydrogen-bond acceptors (Lipinski definition) is 2. The largest absolute Gasteiger partial charge is 0.327 e. The molecule has 0 bridgehead atoms. The maximum Gasteiger partial charge on any atom is 0.144 e. The van der Waals surface area contributed by atoms with Crippen LogP contribution in [0.4, 0.5) is 4.39 Å². The summed E-state index contributed by atoms with van der Waals surface area (Å²) >= 11 is 11.8. The predicted molar refractivity (Wildman–Crippen MR) is 84.8 cm³/mol. The number of aryl methyl sites for hydroxylation is 1. The number of benzene rings is 1. The van der Waals surface area contributed by atoms with E-state index in [9.17, 15) is 4.39 Å². The zero-order valence-electron chi connectivity index (χ0n) is 11.8. The number of alkyl halides is 1. The Balaban J connectivity index is 1.92. The van der Waals surface area contributed by atoms with Crippen LogP contribution in [0.1, 0.15) is 18.7 Å². The molecule has 0 spiro atoms. The SMILES string of the molecule is Fc1cc2nc(CCCl)n(CCN3CCCC3)c2cc1Cl. The number of halogens is 3. The highest BCUT2D eigenvalue weighted by molar-refractivity contribution is 6.31. The van der Waals surface area contributed by atoms with E-state index in [1.807, 2.05) is 0 Å². The molecule has 21 heavy (non-hydrogen) atoms. The highest BCUT2D eigenvalue weighted by Crippen LogP contribution is 2.24. The van der Waals surface area contributed by atoms with Crippen molar-refractivity contribution in [3.63, 3.8) is 0 Å². The van der Waals surface area contributed by atoms with Gasteiger partial charge < -0.3 is 9.47 Å². The predicted octanol–water partition coefficient (Wildman–Crippen LogP) is 3.71. The lowest BCUT2D eigenvalue weighted by Crippen LogP contribution is -2.24. The van der Waals surface area contributed by atoms with E-state index in [4.69, 9.17) is 23.2 Å². The van der Waals surface area contributed by atoms with Crippen LogP contribution in [0, 0.1) is 5.82 Å². The van der Waals surface area contributed by atoms with Gasteiger partial charge in [-0.25, -0.2) is 9.37 Å². The molecular formula is C15H18Cl2FN3. The molecule has 3 nitrogen and oxygen atoms in total. The first-order valence-electron chi connectivity index (χ1n) is 7.31. The minimum Gasteiger partial charge on any atom is -0.327 e. The molecule has 1 aromatic heterocycles. The summed E-state index contributed by atoms with van der Waals surface area (Å²) in [6.07, 6.45) is 3.22. The first-order chi connectivity index (χ1) is 10.2. The third kappa shape index (κ3) is 3.17. The lowest BCUT2D eigenvalue weighted by molar-refractivity contribution is 0.322. The van der Waals surface area contributed by atoms with Gasteiger partial charge in [-0.2, -0.15) is 0 Å². The number of imidazole rings is 1. The monoisotopic (exact) mass is 329 g/mol. The maximum atomic E-state index is 13.6. The maximum absolute atomic E-state index is 13.6. The van der Waals surface area contributed by atoms with Gasteiger partial charge in [0.1, 0.15) is 11.6 Å².